The van der Waals surface area contributed by atoms with Gasteiger partial charge in [-0.25, -0.2) is 9.78 Å². The van der Waals surface area contributed by atoms with Crippen molar-refractivity contribution in [3.63, 3.8) is 0 Å². The maximum atomic E-state index is 13.2. The highest BCUT2D eigenvalue weighted by atomic mass is 19.4. The maximum absolute atomic E-state index is 13.2. The van der Waals surface area contributed by atoms with Gasteiger partial charge in [0.15, 0.2) is 0 Å². The SMILES string of the molecule is COC(=O)c1cc(C(F)(F)F)ccc1-c1cn(C23CC(C2)C(NC(=O)COC2CC(OC(F)(F)F)C2)C3)cn1. The molecule has 4 saturated carbocycles. The first-order chi connectivity index (χ1) is 18.3. The lowest BCUT2D eigenvalue weighted by Gasteiger charge is -2.39. The first kappa shape index (κ1) is 27.4. The topological polar surface area (TPSA) is 91.7 Å². The molecule has 39 heavy (non-hydrogen) atoms. The van der Waals surface area contributed by atoms with Gasteiger partial charge < -0.3 is 19.4 Å². The summed E-state index contributed by atoms with van der Waals surface area (Å²) in [7, 11) is 1.09. The van der Waals surface area contributed by atoms with Crippen molar-refractivity contribution in [2.75, 3.05) is 13.7 Å². The van der Waals surface area contributed by atoms with E-state index in [0.717, 1.165) is 32.1 Å². The number of aromatic nitrogens is 2. The van der Waals surface area contributed by atoms with Crippen LogP contribution in [0.25, 0.3) is 11.3 Å². The average molecular weight is 561 g/mol. The van der Waals surface area contributed by atoms with Crippen molar-refractivity contribution in [3.05, 3.63) is 41.9 Å². The van der Waals surface area contributed by atoms with Gasteiger partial charge in [-0.3, -0.25) is 9.53 Å². The molecular weight excluding hydrogens is 536 g/mol. The minimum absolute atomic E-state index is 0.0710. The molecule has 1 unspecified atom stereocenters. The molecule has 6 rings (SSSR count). The van der Waals surface area contributed by atoms with Crippen molar-refractivity contribution in [1.82, 2.24) is 14.9 Å². The number of carbonyl (C=O) groups is 2. The molecule has 2 aromatic rings. The summed E-state index contributed by atoms with van der Waals surface area (Å²) in [5.74, 6) is -1.06. The lowest BCUT2D eigenvalue weighted by atomic mass is 9.76. The van der Waals surface area contributed by atoms with Gasteiger partial charge in [-0.1, -0.05) is 6.07 Å². The second kappa shape index (κ2) is 9.81. The largest absolute Gasteiger partial charge is 0.522 e. The highest BCUT2D eigenvalue weighted by molar-refractivity contribution is 5.97. The summed E-state index contributed by atoms with van der Waals surface area (Å²) >= 11 is 0. The highest BCUT2D eigenvalue weighted by Gasteiger charge is 2.57. The third kappa shape index (κ3) is 5.62. The van der Waals surface area contributed by atoms with E-state index in [0.29, 0.717) is 12.1 Å². The first-order valence-corrected chi connectivity index (χ1v) is 12.3. The van der Waals surface area contributed by atoms with Crippen LogP contribution in [0.3, 0.4) is 0 Å². The van der Waals surface area contributed by atoms with Crippen LogP contribution in [0.1, 0.15) is 48.0 Å². The van der Waals surface area contributed by atoms with Crippen molar-refractivity contribution in [2.24, 2.45) is 5.92 Å². The predicted molar refractivity (Wildman–Crippen MR) is 121 cm³/mol. The minimum Gasteiger partial charge on any atom is -0.465 e. The van der Waals surface area contributed by atoms with Crippen molar-refractivity contribution in [3.8, 4) is 11.3 Å². The molecule has 0 spiro atoms. The number of benzene rings is 1. The van der Waals surface area contributed by atoms with Crippen LogP contribution in [0.2, 0.25) is 0 Å². The van der Waals surface area contributed by atoms with E-state index in [-0.39, 0.29) is 54.0 Å². The minimum atomic E-state index is -4.69. The Bertz CT molecular complexity index is 1250. The second-order valence-electron chi connectivity index (χ2n) is 10.3. The summed E-state index contributed by atoms with van der Waals surface area (Å²) in [4.78, 5) is 29.0. The average Bonchev–Trinajstić information content (AvgIpc) is 3.51. The molecule has 2 bridgehead atoms. The van der Waals surface area contributed by atoms with Crippen LogP contribution >= 0.6 is 0 Å². The van der Waals surface area contributed by atoms with Crippen LogP contribution in [-0.2, 0) is 30.7 Å². The molecule has 0 aliphatic heterocycles. The number of methoxy groups -OCH3 is 1. The summed E-state index contributed by atoms with van der Waals surface area (Å²) in [5, 5.41) is 2.93. The van der Waals surface area contributed by atoms with Crippen molar-refractivity contribution in [2.45, 2.75) is 68.4 Å². The number of hydrogen-bond acceptors (Lipinski definition) is 6. The zero-order valence-corrected chi connectivity index (χ0v) is 20.6. The number of nitrogens with one attached hydrogen (secondary N) is 1. The standard InChI is InChI=1S/C25H25F6N3O5/c1-37-22(36)18-4-14(24(26,27)28)2-3-17(18)20-10-34(12-32-20)23-7-13(8-23)19(9-23)33-21(35)11-38-15-5-16(6-15)39-25(29,30)31/h2-4,10,12-13,15-16,19H,5-9,11H2,1H3,(H,33,35). The second-order valence-corrected chi connectivity index (χ2v) is 10.3. The van der Waals surface area contributed by atoms with E-state index in [2.05, 4.69) is 19.8 Å². The van der Waals surface area contributed by atoms with Gasteiger partial charge in [-0.2, -0.15) is 13.2 Å². The van der Waals surface area contributed by atoms with E-state index in [4.69, 9.17) is 4.74 Å². The number of nitrogens with zero attached hydrogens (tertiary/aromatic N) is 2. The molecule has 1 heterocycles. The fourth-order valence-electron chi connectivity index (χ4n) is 5.75. The van der Waals surface area contributed by atoms with Crippen LogP contribution in [0.5, 0.6) is 0 Å². The number of esters is 1. The third-order valence-electron chi connectivity index (χ3n) is 7.76. The van der Waals surface area contributed by atoms with Crippen LogP contribution in [0, 0.1) is 5.92 Å². The Hall–Kier alpha value is -3.13. The highest BCUT2D eigenvalue weighted by Crippen LogP contribution is 2.57. The van der Waals surface area contributed by atoms with Gasteiger partial charge in [0, 0.05) is 36.2 Å². The molecule has 1 aromatic carbocycles. The molecule has 1 atom stereocenters. The quantitative estimate of drug-likeness (QED) is 0.379. The number of ether oxygens (including phenoxy) is 3. The number of imidazole rings is 1. The van der Waals surface area contributed by atoms with Gasteiger partial charge in [0.25, 0.3) is 0 Å². The Morgan fingerprint density at radius 2 is 1.82 bits per heavy atom. The van der Waals surface area contributed by atoms with E-state index in [9.17, 15) is 35.9 Å². The molecule has 1 N–H and O–H groups in total. The summed E-state index contributed by atoms with van der Waals surface area (Å²) in [6.45, 7) is -0.265. The Labute approximate surface area is 218 Å². The summed E-state index contributed by atoms with van der Waals surface area (Å²) in [6.07, 6.45) is -5.25. The Kier molecular flexibility index (Phi) is 6.90. The van der Waals surface area contributed by atoms with E-state index >= 15 is 0 Å². The van der Waals surface area contributed by atoms with E-state index in [1.165, 1.54) is 6.07 Å². The van der Waals surface area contributed by atoms with Gasteiger partial charge in [0.05, 0.1) is 42.5 Å². The molecule has 4 aliphatic rings. The van der Waals surface area contributed by atoms with Crippen molar-refractivity contribution in [1.29, 1.82) is 0 Å². The molecule has 14 heteroatoms. The Morgan fingerprint density at radius 3 is 2.46 bits per heavy atom. The number of rotatable bonds is 8. The maximum Gasteiger partial charge on any atom is 0.522 e. The monoisotopic (exact) mass is 561 g/mol. The Morgan fingerprint density at radius 1 is 1.10 bits per heavy atom. The third-order valence-corrected chi connectivity index (χ3v) is 7.76. The van der Waals surface area contributed by atoms with Gasteiger partial charge in [0.2, 0.25) is 5.91 Å². The fraction of sp³-hybridized carbons (Fsp3) is 0.560. The molecule has 0 radical (unpaired) electrons. The fourth-order valence-corrected chi connectivity index (χ4v) is 5.75. The van der Waals surface area contributed by atoms with Crippen LogP contribution in [-0.4, -0.2) is 59.8 Å². The van der Waals surface area contributed by atoms with Crippen molar-refractivity contribution >= 4 is 11.9 Å². The van der Waals surface area contributed by atoms with E-state index in [1.807, 2.05) is 4.57 Å². The van der Waals surface area contributed by atoms with Crippen LogP contribution in [0.4, 0.5) is 26.3 Å². The Balaban J connectivity index is 1.18. The van der Waals surface area contributed by atoms with Crippen LogP contribution in [0.15, 0.2) is 30.7 Å². The summed E-state index contributed by atoms with van der Waals surface area (Å²) < 4.78 is 92.0. The van der Waals surface area contributed by atoms with Crippen LogP contribution < -0.4 is 5.32 Å². The zero-order chi connectivity index (χ0) is 28.2. The van der Waals surface area contributed by atoms with E-state index < -0.39 is 36.3 Å². The molecule has 4 aliphatic carbocycles. The van der Waals surface area contributed by atoms with Crippen molar-refractivity contribution < 1.29 is 50.1 Å². The number of fused-ring (bicyclic) bond motifs is 1. The summed E-state index contributed by atoms with van der Waals surface area (Å²) in [6, 6.07) is 2.69. The number of alkyl halides is 6. The zero-order valence-electron chi connectivity index (χ0n) is 20.6. The van der Waals surface area contributed by atoms with Gasteiger partial charge in [-0.05, 0) is 37.3 Å². The smallest absolute Gasteiger partial charge is 0.465 e. The molecule has 8 nitrogen and oxygen atoms in total. The number of hydrogen-bond donors (Lipinski definition) is 1. The molecular formula is C25H25F6N3O5. The molecule has 4 fully saturated rings. The predicted octanol–water partition coefficient (Wildman–Crippen LogP) is 4.43. The van der Waals surface area contributed by atoms with Gasteiger partial charge >= 0.3 is 18.5 Å². The van der Waals surface area contributed by atoms with E-state index in [1.54, 1.807) is 12.5 Å². The molecule has 1 amide bonds. The molecule has 0 saturated heterocycles. The normalized spacial score (nSPS) is 28.0. The number of carbonyl (C=O) groups excluding carboxylic acids is 2. The number of amides is 1. The molecule has 1 aromatic heterocycles. The summed E-state index contributed by atoms with van der Waals surface area (Å²) in [5.41, 5.74) is -1.03. The molecule has 212 valence electrons. The lowest BCUT2D eigenvalue weighted by Crippen LogP contribution is -2.44. The lowest BCUT2D eigenvalue weighted by molar-refractivity contribution is -0.357. The number of halogens is 6. The first-order valence-electron chi connectivity index (χ1n) is 12.3. The van der Waals surface area contributed by atoms with Gasteiger partial charge in [-0.15, -0.1) is 13.2 Å². The van der Waals surface area contributed by atoms with Gasteiger partial charge in [0.1, 0.15) is 6.61 Å².